The molecule has 0 saturated carbocycles. The molecule has 0 spiro atoms. The van der Waals surface area contributed by atoms with Gasteiger partial charge in [0.15, 0.2) is 0 Å². The zero-order chi connectivity index (χ0) is 24.9. The Balaban J connectivity index is 1.47. The monoisotopic (exact) mass is 471 g/mol. The third kappa shape index (κ3) is 4.81. The summed E-state index contributed by atoms with van der Waals surface area (Å²) >= 11 is 0. The number of para-hydroxylation sites is 1. The molecule has 0 aliphatic carbocycles. The van der Waals surface area contributed by atoms with Gasteiger partial charge in [0.25, 0.3) is 5.69 Å². The Kier molecular flexibility index (Phi) is 6.45. The number of nitro benzene ring substituents is 1. The van der Waals surface area contributed by atoms with Gasteiger partial charge in [-0.1, -0.05) is 66.7 Å². The first-order valence-corrected chi connectivity index (χ1v) is 11.7. The topological polar surface area (TPSA) is 49.6 Å². The molecule has 0 N–H and O–H groups in total. The molecular weight excluding hydrogens is 446 g/mol. The van der Waals surface area contributed by atoms with Crippen LogP contribution in [-0.4, -0.2) is 12.0 Å². The van der Waals surface area contributed by atoms with Crippen molar-refractivity contribution in [2.75, 3.05) is 16.8 Å². The highest BCUT2D eigenvalue weighted by molar-refractivity contribution is 5.79. The minimum absolute atomic E-state index is 0.0742. The minimum atomic E-state index is -0.374. The summed E-state index contributed by atoms with van der Waals surface area (Å²) in [5.41, 5.74) is 7.26. The highest BCUT2D eigenvalue weighted by Crippen LogP contribution is 2.37. The molecule has 176 valence electrons. The van der Waals surface area contributed by atoms with E-state index < -0.39 is 0 Å². The van der Waals surface area contributed by atoms with Gasteiger partial charge >= 0.3 is 0 Å². The van der Waals surface area contributed by atoms with E-state index in [1.165, 1.54) is 17.2 Å². The summed E-state index contributed by atoms with van der Waals surface area (Å²) in [5, 5.41) is 11.2. The fourth-order valence-corrected chi connectivity index (χ4v) is 4.25. The highest BCUT2D eigenvalue weighted by atomic mass is 16.6. The summed E-state index contributed by atoms with van der Waals surface area (Å²) in [6.07, 6.45) is 0. The second-order valence-corrected chi connectivity index (χ2v) is 8.44. The van der Waals surface area contributed by atoms with Crippen LogP contribution in [0.3, 0.4) is 0 Å². The molecule has 0 unspecified atom stereocenters. The van der Waals surface area contributed by atoms with Crippen LogP contribution in [0.25, 0.3) is 11.1 Å². The average molecular weight is 472 g/mol. The number of benzene rings is 5. The number of hydrogen-bond donors (Lipinski definition) is 0. The molecule has 5 aromatic carbocycles. The Morgan fingerprint density at radius 3 is 1.61 bits per heavy atom. The van der Waals surface area contributed by atoms with E-state index in [2.05, 4.69) is 65.6 Å². The van der Waals surface area contributed by atoms with E-state index in [9.17, 15) is 10.1 Å². The van der Waals surface area contributed by atoms with Crippen LogP contribution in [0.5, 0.6) is 0 Å². The largest absolute Gasteiger partial charge is 0.344 e. The van der Waals surface area contributed by atoms with Crippen LogP contribution in [0.4, 0.5) is 34.1 Å². The van der Waals surface area contributed by atoms with Gasteiger partial charge in [-0.05, 0) is 65.7 Å². The molecule has 0 amide bonds. The van der Waals surface area contributed by atoms with Crippen LogP contribution in [0, 0.1) is 10.1 Å². The molecule has 0 fully saturated rings. The third-order valence-electron chi connectivity index (χ3n) is 6.17. The van der Waals surface area contributed by atoms with Gasteiger partial charge in [0, 0.05) is 47.6 Å². The number of non-ortho nitro benzene ring substituents is 1. The summed E-state index contributed by atoms with van der Waals surface area (Å²) in [7, 11) is 1.91. The number of nitrogens with zero attached hydrogens (tertiary/aromatic N) is 3. The van der Waals surface area contributed by atoms with E-state index in [0.717, 1.165) is 28.4 Å². The highest BCUT2D eigenvalue weighted by Gasteiger charge is 2.14. The normalized spacial score (nSPS) is 10.6. The minimum Gasteiger partial charge on any atom is -0.344 e. The molecule has 0 heterocycles. The smallest absolute Gasteiger partial charge is 0.271 e. The SMILES string of the molecule is CN(c1ccc(N(c2ccccc2)c2ccc(-c3ccccc3)cc2)cc1)c1cccc([N+](=O)[O-])c1. The molecular formula is C31H25N3O2. The van der Waals surface area contributed by atoms with E-state index in [1.54, 1.807) is 12.1 Å². The van der Waals surface area contributed by atoms with E-state index in [1.807, 2.05) is 66.5 Å². The van der Waals surface area contributed by atoms with Crippen molar-refractivity contribution in [3.05, 3.63) is 144 Å². The lowest BCUT2D eigenvalue weighted by Gasteiger charge is -2.27. The molecule has 0 radical (unpaired) electrons. The van der Waals surface area contributed by atoms with Gasteiger partial charge < -0.3 is 9.80 Å². The Bertz CT molecular complexity index is 1450. The average Bonchev–Trinajstić information content (AvgIpc) is 2.95. The lowest BCUT2D eigenvalue weighted by molar-refractivity contribution is -0.384. The van der Waals surface area contributed by atoms with Gasteiger partial charge in [0.1, 0.15) is 0 Å². The fraction of sp³-hybridized carbons (Fsp3) is 0.0323. The predicted octanol–water partition coefficient (Wildman–Crippen LogP) is 8.50. The Hall–Kier alpha value is -4.90. The van der Waals surface area contributed by atoms with Gasteiger partial charge in [-0.2, -0.15) is 0 Å². The van der Waals surface area contributed by atoms with Crippen molar-refractivity contribution < 1.29 is 4.92 Å². The van der Waals surface area contributed by atoms with Crippen molar-refractivity contribution in [3.63, 3.8) is 0 Å². The molecule has 0 bridgehead atoms. The van der Waals surface area contributed by atoms with Crippen molar-refractivity contribution in [3.8, 4) is 11.1 Å². The maximum absolute atomic E-state index is 11.2. The first-order chi connectivity index (χ1) is 17.6. The molecule has 0 saturated heterocycles. The van der Waals surface area contributed by atoms with Gasteiger partial charge in [-0.25, -0.2) is 0 Å². The van der Waals surface area contributed by atoms with Crippen LogP contribution in [0.2, 0.25) is 0 Å². The van der Waals surface area contributed by atoms with Crippen molar-refractivity contribution in [2.24, 2.45) is 0 Å². The number of nitro groups is 1. The van der Waals surface area contributed by atoms with Crippen molar-refractivity contribution >= 4 is 34.1 Å². The standard InChI is InChI=1S/C31H25N3O2/c1-32(30-13-8-14-31(23-30)34(35)36)26-19-21-29(22-20-26)33(27-11-6-3-7-12-27)28-17-15-25(16-18-28)24-9-4-2-5-10-24/h2-23H,1H3. The van der Waals surface area contributed by atoms with E-state index in [0.29, 0.717) is 0 Å². The van der Waals surface area contributed by atoms with Gasteiger partial charge in [-0.15, -0.1) is 0 Å². The molecule has 5 heteroatoms. The summed E-state index contributed by atoms with van der Waals surface area (Å²) in [6, 6.07) is 44.0. The van der Waals surface area contributed by atoms with Crippen LogP contribution in [0.1, 0.15) is 0 Å². The summed E-state index contributed by atoms with van der Waals surface area (Å²) < 4.78 is 0. The first-order valence-electron chi connectivity index (χ1n) is 11.7. The molecule has 5 rings (SSSR count). The third-order valence-corrected chi connectivity index (χ3v) is 6.17. The quantitative estimate of drug-likeness (QED) is 0.176. The lowest BCUT2D eigenvalue weighted by Crippen LogP contribution is -2.12. The zero-order valence-electron chi connectivity index (χ0n) is 19.9. The second-order valence-electron chi connectivity index (χ2n) is 8.44. The molecule has 0 atom stereocenters. The first kappa shape index (κ1) is 22.9. The molecule has 36 heavy (non-hydrogen) atoms. The van der Waals surface area contributed by atoms with Crippen LogP contribution < -0.4 is 9.80 Å². The van der Waals surface area contributed by atoms with Gasteiger partial charge in [0.05, 0.1) is 4.92 Å². The zero-order valence-corrected chi connectivity index (χ0v) is 19.9. The fourth-order valence-electron chi connectivity index (χ4n) is 4.25. The summed E-state index contributed by atoms with van der Waals surface area (Å²) in [6.45, 7) is 0. The molecule has 0 aromatic heterocycles. The van der Waals surface area contributed by atoms with Gasteiger partial charge in [-0.3, -0.25) is 10.1 Å². The summed E-state index contributed by atoms with van der Waals surface area (Å²) in [4.78, 5) is 15.0. The van der Waals surface area contributed by atoms with Crippen LogP contribution >= 0.6 is 0 Å². The number of anilines is 5. The Morgan fingerprint density at radius 1 is 0.528 bits per heavy atom. The maximum atomic E-state index is 11.2. The van der Waals surface area contributed by atoms with E-state index in [4.69, 9.17) is 0 Å². The Morgan fingerprint density at radius 2 is 1.00 bits per heavy atom. The van der Waals surface area contributed by atoms with Gasteiger partial charge in [0.2, 0.25) is 0 Å². The van der Waals surface area contributed by atoms with Crippen molar-refractivity contribution in [1.82, 2.24) is 0 Å². The maximum Gasteiger partial charge on any atom is 0.271 e. The molecule has 0 aliphatic rings. The van der Waals surface area contributed by atoms with E-state index >= 15 is 0 Å². The summed E-state index contributed by atoms with van der Waals surface area (Å²) in [5.74, 6) is 0. The molecule has 5 nitrogen and oxygen atoms in total. The Labute approximate surface area is 210 Å². The van der Waals surface area contributed by atoms with Crippen LogP contribution in [0.15, 0.2) is 133 Å². The lowest BCUT2D eigenvalue weighted by atomic mass is 10.0. The number of hydrogen-bond acceptors (Lipinski definition) is 4. The van der Waals surface area contributed by atoms with Crippen molar-refractivity contribution in [2.45, 2.75) is 0 Å². The number of rotatable bonds is 7. The van der Waals surface area contributed by atoms with E-state index in [-0.39, 0.29) is 10.6 Å². The molecule has 5 aromatic rings. The predicted molar refractivity (Wildman–Crippen MR) is 148 cm³/mol. The molecule has 0 aliphatic heterocycles. The van der Waals surface area contributed by atoms with Crippen LogP contribution in [-0.2, 0) is 0 Å². The second kappa shape index (κ2) is 10.2. The van der Waals surface area contributed by atoms with Crippen molar-refractivity contribution in [1.29, 1.82) is 0 Å².